The van der Waals surface area contributed by atoms with Gasteiger partial charge in [0.2, 0.25) is 0 Å². The molecule has 4 aromatic rings. The normalized spacial score (nSPS) is 14.8. The summed E-state index contributed by atoms with van der Waals surface area (Å²) in [6.45, 7) is 4.00. The zero-order valence-electron chi connectivity index (χ0n) is 14.0. The lowest BCUT2D eigenvalue weighted by molar-refractivity contribution is 0.422. The van der Waals surface area contributed by atoms with Crippen LogP contribution in [0.25, 0.3) is 28.1 Å². The minimum absolute atomic E-state index is 0.0230. The lowest BCUT2D eigenvalue weighted by Gasteiger charge is -2.15. The topological polar surface area (TPSA) is 78.2 Å². The highest BCUT2D eigenvalue weighted by Gasteiger charge is 2.30. The van der Waals surface area contributed by atoms with Gasteiger partial charge in [0.1, 0.15) is 11.8 Å². The van der Waals surface area contributed by atoms with Crippen LogP contribution in [0.4, 0.5) is 0 Å². The van der Waals surface area contributed by atoms with Crippen molar-refractivity contribution < 1.29 is 4.52 Å². The number of nitrogens with zero attached hydrogens (tertiary/aromatic N) is 5. The Balaban J connectivity index is 1.85. The summed E-state index contributed by atoms with van der Waals surface area (Å²) in [4.78, 5) is 22.1. The molecule has 0 radical (unpaired) electrons. The van der Waals surface area contributed by atoms with Crippen LogP contribution in [0.5, 0.6) is 0 Å². The monoisotopic (exact) mass is 335 g/mol. The van der Waals surface area contributed by atoms with Crippen LogP contribution >= 0.6 is 0 Å². The van der Waals surface area contributed by atoms with Crippen molar-refractivity contribution in [2.75, 3.05) is 0 Å². The van der Waals surface area contributed by atoms with Gasteiger partial charge in [0.25, 0.3) is 11.4 Å². The SMILES string of the molecule is CC(C)n1c(=O)c2c(-c3nc(C4CC4)no3)ncn2c2ccccc21. The Morgan fingerprint density at radius 1 is 1.20 bits per heavy atom. The molecule has 1 aliphatic rings. The van der Waals surface area contributed by atoms with Crippen LogP contribution < -0.4 is 5.56 Å². The van der Waals surface area contributed by atoms with E-state index in [0.29, 0.717) is 28.8 Å². The summed E-state index contributed by atoms with van der Waals surface area (Å²) in [6, 6.07) is 7.84. The summed E-state index contributed by atoms with van der Waals surface area (Å²) < 4.78 is 9.00. The maximum Gasteiger partial charge on any atom is 0.278 e. The van der Waals surface area contributed by atoms with Crippen LogP contribution in [-0.2, 0) is 0 Å². The number of rotatable bonds is 3. The molecule has 1 fully saturated rings. The van der Waals surface area contributed by atoms with Crippen LogP contribution in [0.1, 0.15) is 44.5 Å². The number of para-hydroxylation sites is 2. The smallest absolute Gasteiger partial charge is 0.278 e. The first kappa shape index (κ1) is 14.4. The van der Waals surface area contributed by atoms with Crippen molar-refractivity contribution in [1.29, 1.82) is 0 Å². The van der Waals surface area contributed by atoms with Crippen molar-refractivity contribution in [2.24, 2.45) is 0 Å². The third kappa shape index (κ3) is 2.05. The number of benzene rings is 1. The van der Waals surface area contributed by atoms with Crippen molar-refractivity contribution in [1.82, 2.24) is 24.1 Å². The highest BCUT2D eigenvalue weighted by molar-refractivity contribution is 5.83. The van der Waals surface area contributed by atoms with Gasteiger partial charge in [-0.1, -0.05) is 17.3 Å². The van der Waals surface area contributed by atoms with E-state index in [1.54, 1.807) is 10.9 Å². The van der Waals surface area contributed by atoms with Gasteiger partial charge >= 0.3 is 0 Å². The van der Waals surface area contributed by atoms with Gasteiger partial charge in [-0.25, -0.2) is 4.98 Å². The molecule has 25 heavy (non-hydrogen) atoms. The maximum absolute atomic E-state index is 13.2. The summed E-state index contributed by atoms with van der Waals surface area (Å²) in [6.07, 6.45) is 3.83. The van der Waals surface area contributed by atoms with E-state index in [1.165, 1.54) is 0 Å². The van der Waals surface area contributed by atoms with Gasteiger partial charge < -0.3 is 9.09 Å². The second kappa shape index (κ2) is 5.02. The van der Waals surface area contributed by atoms with Crippen molar-refractivity contribution >= 4 is 16.6 Å². The Kier molecular flexibility index (Phi) is 2.89. The summed E-state index contributed by atoms with van der Waals surface area (Å²) in [7, 11) is 0. The summed E-state index contributed by atoms with van der Waals surface area (Å²) >= 11 is 0. The molecule has 5 rings (SSSR count). The van der Waals surface area contributed by atoms with Gasteiger partial charge in [0.05, 0.1) is 11.0 Å². The van der Waals surface area contributed by atoms with Crippen LogP contribution in [0.3, 0.4) is 0 Å². The summed E-state index contributed by atoms with van der Waals surface area (Å²) in [5, 5.41) is 4.05. The third-order valence-electron chi connectivity index (χ3n) is 4.69. The van der Waals surface area contributed by atoms with Crippen LogP contribution in [-0.4, -0.2) is 24.1 Å². The minimum atomic E-state index is -0.104. The van der Waals surface area contributed by atoms with E-state index in [0.717, 1.165) is 23.9 Å². The van der Waals surface area contributed by atoms with Gasteiger partial charge in [0, 0.05) is 12.0 Å². The summed E-state index contributed by atoms with van der Waals surface area (Å²) in [5.74, 6) is 1.41. The van der Waals surface area contributed by atoms with Crippen molar-refractivity contribution in [3.05, 3.63) is 46.8 Å². The Labute approximate surface area is 142 Å². The Hall–Kier alpha value is -2.96. The third-order valence-corrected chi connectivity index (χ3v) is 4.69. The van der Waals surface area contributed by atoms with E-state index < -0.39 is 0 Å². The first-order valence-corrected chi connectivity index (χ1v) is 8.49. The van der Waals surface area contributed by atoms with Crippen LogP contribution in [0.15, 0.2) is 39.9 Å². The second-order valence-corrected chi connectivity index (χ2v) is 6.80. The molecule has 0 atom stereocenters. The molecular weight excluding hydrogens is 318 g/mol. The zero-order chi connectivity index (χ0) is 17.1. The Morgan fingerprint density at radius 3 is 2.68 bits per heavy atom. The Bertz CT molecular complexity index is 1160. The standard InChI is InChI=1S/C18H17N5O2/c1-10(2)23-13-6-4-3-5-12(13)22-9-19-14(15(22)18(23)24)17-20-16(21-25-17)11-7-8-11/h3-6,9-11H,7-8H2,1-2H3. The predicted octanol–water partition coefficient (Wildman–Crippen LogP) is 3.16. The van der Waals surface area contributed by atoms with E-state index in [9.17, 15) is 4.79 Å². The quantitative estimate of drug-likeness (QED) is 0.575. The highest BCUT2D eigenvalue weighted by Crippen LogP contribution is 2.39. The minimum Gasteiger partial charge on any atom is -0.332 e. The number of hydrogen-bond acceptors (Lipinski definition) is 5. The lowest BCUT2D eigenvalue weighted by atomic mass is 10.2. The number of fused-ring (bicyclic) bond motifs is 3. The lowest BCUT2D eigenvalue weighted by Crippen LogP contribution is -2.24. The molecule has 7 nitrogen and oxygen atoms in total. The van der Waals surface area contributed by atoms with E-state index in [-0.39, 0.29) is 11.6 Å². The number of hydrogen-bond donors (Lipinski definition) is 0. The molecule has 0 N–H and O–H groups in total. The molecule has 0 spiro atoms. The molecule has 0 amide bonds. The molecule has 0 unspecified atom stereocenters. The average molecular weight is 335 g/mol. The van der Waals surface area contributed by atoms with Crippen molar-refractivity contribution in [3.63, 3.8) is 0 Å². The molecule has 3 heterocycles. The fourth-order valence-corrected chi connectivity index (χ4v) is 3.34. The predicted molar refractivity (Wildman–Crippen MR) is 92.6 cm³/mol. The van der Waals surface area contributed by atoms with Crippen LogP contribution in [0.2, 0.25) is 0 Å². The van der Waals surface area contributed by atoms with E-state index >= 15 is 0 Å². The molecule has 0 bridgehead atoms. The molecule has 7 heteroatoms. The van der Waals surface area contributed by atoms with Crippen molar-refractivity contribution in [3.8, 4) is 11.6 Å². The summed E-state index contributed by atoms with van der Waals surface area (Å²) in [5.41, 5.74) is 2.62. The number of imidazole rings is 1. The van der Waals surface area contributed by atoms with Crippen molar-refractivity contribution in [2.45, 2.75) is 38.6 Å². The molecule has 126 valence electrons. The molecule has 3 aromatic heterocycles. The molecule has 0 aliphatic heterocycles. The van der Waals surface area contributed by atoms with Gasteiger partial charge in [0.15, 0.2) is 11.5 Å². The molecular formula is C18H17N5O2. The molecule has 1 aliphatic carbocycles. The zero-order valence-corrected chi connectivity index (χ0v) is 14.0. The fourth-order valence-electron chi connectivity index (χ4n) is 3.34. The van der Waals surface area contributed by atoms with Gasteiger partial charge in [-0.2, -0.15) is 4.98 Å². The van der Waals surface area contributed by atoms with Gasteiger partial charge in [-0.3, -0.25) is 9.20 Å². The maximum atomic E-state index is 13.2. The average Bonchev–Trinajstić information content (AvgIpc) is 3.17. The highest BCUT2D eigenvalue weighted by atomic mass is 16.5. The molecule has 1 aromatic carbocycles. The first-order chi connectivity index (χ1) is 12.1. The first-order valence-electron chi connectivity index (χ1n) is 8.49. The fraction of sp³-hybridized carbons (Fsp3) is 0.333. The van der Waals surface area contributed by atoms with E-state index in [1.807, 2.05) is 42.5 Å². The molecule has 0 saturated heterocycles. The van der Waals surface area contributed by atoms with E-state index in [2.05, 4.69) is 15.1 Å². The Morgan fingerprint density at radius 2 is 1.96 bits per heavy atom. The largest absolute Gasteiger partial charge is 0.332 e. The van der Waals surface area contributed by atoms with Gasteiger partial charge in [-0.05, 0) is 38.8 Å². The molecule has 1 saturated carbocycles. The van der Waals surface area contributed by atoms with Crippen LogP contribution in [0, 0.1) is 0 Å². The number of aromatic nitrogens is 5. The van der Waals surface area contributed by atoms with E-state index in [4.69, 9.17) is 4.52 Å². The van der Waals surface area contributed by atoms with Gasteiger partial charge in [-0.15, -0.1) is 0 Å². The second-order valence-electron chi connectivity index (χ2n) is 6.80.